The van der Waals surface area contributed by atoms with E-state index in [2.05, 4.69) is 0 Å². The predicted octanol–water partition coefficient (Wildman–Crippen LogP) is 3.03. The second kappa shape index (κ2) is 7.88. The zero-order chi connectivity index (χ0) is 19.5. The molecule has 0 fully saturated rings. The molecule has 0 radical (unpaired) electrons. The van der Waals surface area contributed by atoms with Gasteiger partial charge in [-0.05, 0) is 30.3 Å². The quantitative estimate of drug-likeness (QED) is 0.803. The summed E-state index contributed by atoms with van der Waals surface area (Å²) in [6.45, 7) is -0.733. The Hall–Kier alpha value is -2.39. The van der Waals surface area contributed by atoms with Crippen molar-refractivity contribution >= 4 is 38.9 Å². The Morgan fingerprint density at radius 1 is 1.23 bits per heavy atom. The van der Waals surface area contributed by atoms with Crippen LogP contribution in [0.15, 0.2) is 36.4 Å². The molecule has 140 valence electrons. The monoisotopic (exact) mass is 404 g/mol. The molecule has 0 aromatic heterocycles. The van der Waals surface area contributed by atoms with Crippen LogP contribution in [0.3, 0.4) is 0 Å². The van der Waals surface area contributed by atoms with Crippen molar-refractivity contribution in [1.82, 2.24) is 0 Å². The lowest BCUT2D eigenvalue weighted by atomic mass is 10.2. The van der Waals surface area contributed by atoms with Gasteiger partial charge in [0.15, 0.2) is 0 Å². The van der Waals surface area contributed by atoms with E-state index >= 15 is 0 Å². The number of nitrogens with one attached hydrogen (secondary N) is 1. The number of nitrogens with zero attached hydrogens (tertiary/aromatic N) is 1. The fraction of sp³-hybridized carbons (Fsp3) is 0.188. The standard InChI is InChI=1S/C16H15ClF2N2O4S/c1-25-14-7-6-10(17)8-13(14)21(26(2,23)24)9-15(22)20-16-11(18)4-3-5-12(16)19/h3-8H,9H2,1-2H3,(H,20,22). The highest BCUT2D eigenvalue weighted by Crippen LogP contribution is 2.32. The van der Waals surface area contributed by atoms with Gasteiger partial charge in [0.2, 0.25) is 15.9 Å². The Balaban J connectivity index is 2.36. The van der Waals surface area contributed by atoms with Gasteiger partial charge in [0.1, 0.15) is 29.6 Å². The Bertz CT molecular complexity index is 918. The third-order valence-electron chi connectivity index (χ3n) is 3.32. The van der Waals surface area contributed by atoms with Crippen molar-refractivity contribution in [1.29, 1.82) is 0 Å². The molecular formula is C16H15ClF2N2O4S. The van der Waals surface area contributed by atoms with E-state index in [9.17, 15) is 22.0 Å². The molecule has 0 bridgehead atoms. The number of sulfonamides is 1. The van der Waals surface area contributed by atoms with Crippen LogP contribution in [-0.4, -0.2) is 34.2 Å². The van der Waals surface area contributed by atoms with Gasteiger partial charge < -0.3 is 10.1 Å². The van der Waals surface area contributed by atoms with E-state index in [0.717, 1.165) is 28.8 Å². The fourth-order valence-corrected chi connectivity index (χ4v) is 3.18. The zero-order valence-corrected chi connectivity index (χ0v) is 15.4. The van der Waals surface area contributed by atoms with Gasteiger partial charge in [-0.15, -0.1) is 0 Å². The van der Waals surface area contributed by atoms with E-state index in [-0.39, 0.29) is 16.5 Å². The molecule has 0 atom stereocenters. The van der Waals surface area contributed by atoms with Crippen LogP contribution in [0.2, 0.25) is 5.02 Å². The molecule has 0 aliphatic carbocycles. The summed E-state index contributed by atoms with van der Waals surface area (Å²) in [6.07, 6.45) is 0.879. The number of halogens is 3. The second-order valence-electron chi connectivity index (χ2n) is 5.23. The van der Waals surface area contributed by atoms with E-state index in [0.29, 0.717) is 0 Å². The van der Waals surface area contributed by atoms with Gasteiger partial charge in [-0.25, -0.2) is 17.2 Å². The van der Waals surface area contributed by atoms with Crippen LogP contribution >= 0.6 is 11.6 Å². The summed E-state index contributed by atoms with van der Waals surface area (Å²) in [6, 6.07) is 7.29. The van der Waals surface area contributed by atoms with Gasteiger partial charge in [-0.1, -0.05) is 17.7 Å². The van der Waals surface area contributed by atoms with E-state index in [1.165, 1.54) is 25.3 Å². The maximum Gasteiger partial charge on any atom is 0.245 e. The summed E-state index contributed by atoms with van der Waals surface area (Å²) in [5.74, 6) is -2.75. The molecule has 0 spiro atoms. The topological polar surface area (TPSA) is 75.7 Å². The SMILES string of the molecule is COc1ccc(Cl)cc1N(CC(=O)Nc1c(F)cccc1F)S(C)(=O)=O. The third kappa shape index (κ3) is 4.61. The summed E-state index contributed by atoms with van der Waals surface area (Å²) in [5.41, 5.74) is -0.643. The molecule has 0 heterocycles. The average molecular weight is 405 g/mol. The summed E-state index contributed by atoms with van der Waals surface area (Å²) in [4.78, 5) is 12.2. The number of anilines is 2. The zero-order valence-electron chi connectivity index (χ0n) is 13.8. The molecular weight excluding hydrogens is 390 g/mol. The van der Waals surface area contributed by atoms with Crippen molar-refractivity contribution < 1.29 is 26.7 Å². The Labute approximate surface area is 154 Å². The first-order valence-electron chi connectivity index (χ1n) is 7.18. The van der Waals surface area contributed by atoms with Crippen LogP contribution < -0.4 is 14.4 Å². The summed E-state index contributed by atoms with van der Waals surface area (Å²) >= 11 is 5.90. The van der Waals surface area contributed by atoms with Crippen LogP contribution in [0.25, 0.3) is 0 Å². The molecule has 2 aromatic rings. The molecule has 0 aliphatic heterocycles. The molecule has 2 aromatic carbocycles. The minimum atomic E-state index is -3.93. The van der Waals surface area contributed by atoms with Crippen LogP contribution in [0.1, 0.15) is 0 Å². The van der Waals surface area contributed by atoms with E-state index in [1.807, 2.05) is 5.32 Å². The highest BCUT2D eigenvalue weighted by molar-refractivity contribution is 7.92. The van der Waals surface area contributed by atoms with Crippen molar-refractivity contribution in [2.45, 2.75) is 0 Å². The highest BCUT2D eigenvalue weighted by atomic mass is 35.5. The lowest BCUT2D eigenvalue weighted by Gasteiger charge is -2.24. The summed E-state index contributed by atoms with van der Waals surface area (Å²) in [5, 5.41) is 2.25. The number of carbonyl (C=O) groups is 1. The van der Waals surface area contributed by atoms with Crippen LogP contribution in [0, 0.1) is 11.6 Å². The predicted molar refractivity (Wildman–Crippen MR) is 95.2 cm³/mol. The van der Waals surface area contributed by atoms with E-state index < -0.39 is 39.8 Å². The number of amides is 1. The molecule has 26 heavy (non-hydrogen) atoms. The van der Waals surface area contributed by atoms with Gasteiger partial charge >= 0.3 is 0 Å². The van der Waals surface area contributed by atoms with Crippen LogP contribution in [-0.2, 0) is 14.8 Å². The minimum absolute atomic E-state index is 0.0201. The lowest BCUT2D eigenvalue weighted by Crippen LogP contribution is -2.38. The maximum atomic E-state index is 13.7. The van der Waals surface area contributed by atoms with Gasteiger partial charge in [0.25, 0.3) is 0 Å². The number of benzene rings is 2. The van der Waals surface area contributed by atoms with E-state index in [4.69, 9.17) is 16.3 Å². The number of ether oxygens (including phenoxy) is 1. The van der Waals surface area contributed by atoms with Crippen molar-refractivity contribution in [3.8, 4) is 5.75 Å². The molecule has 0 saturated carbocycles. The van der Waals surface area contributed by atoms with Crippen LogP contribution in [0.4, 0.5) is 20.2 Å². The largest absolute Gasteiger partial charge is 0.495 e. The van der Waals surface area contributed by atoms with Gasteiger partial charge in [0.05, 0.1) is 19.1 Å². The summed E-state index contributed by atoms with van der Waals surface area (Å²) < 4.78 is 57.4. The van der Waals surface area contributed by atoms with Crippen molar-refractivity contribution in [3.63, 3.8) is 0 Å². The van der Waals surface area contributed by atoms with E-state index in [1.54, 1.807) is 0 Å². The van der Waals surface area contributed by atoms with Crippen molar-refractivity contribution in [2.24, 2.45) is 0 Å². The number of hydrogen-bond acceptors (Lipinski definition) is 4. The van der Waals surface area contributed by atoms with Gasteiger partial charge in [-0.2, -0.15) is 0 Å². The van der Waals surface area contributed by atoms with Crippen molar-refractivity contribution in [2.75, 3.05) is 29.5 Å². The fourth-order valence-electron chi connectivity index (χ4n) is 2.17. The highest BCUT2D eigenvalue weighted by Gasteiger charge is 2.25. The molecule has 0 unspecified atom stereocenters. The Kier molecular flexibility index (Phi) is 6.04. The maximum absolute atomic E-state index is 13.7. The number of para-hydroxylation sites is 1. The molecule has 2 rings (SSSR count). The molecule has 0 saturated heterocycles. The third-order valence-corrected chi connectivity index (χ3v) is 4.69. The first-order valence-corrected chi connectivity index (χ1v) is 9.41. The summed E-state index contributed by atoms with van der Waals surface area (Å²) in [7, 11) is -2.61. The van der Waals surface area contributed by atoms with Crippen LogP contribution in [0.5, 0.6) is 5.75 Å². The first-order chi connectivity index (χ1) is 12.1. The first kappa shape index (κ1) is 19.9. The number of carbonyl (C=O) groups excluding carboxylic acids is 1. The van der Waals surface area contributed by atoms with Gasteiger partial charge in [-0.3, -0.25) is 9.10 Å². The Morgan fingerprint density at radius 2 is 1.85 bits per heavy atom. The molecule has 10 heteroatoms. The Morgan fingerprint density at radius 3 is 2.38 bits per heavy atom. The van der Waals surface area contributed by atoms with Gasteiger partial charge in [0, 0.05) is 5.02 Å². The molecule has 0 aliphatic rings. The molecule has 1 amide bonds. The second-order valence-corrected chi connectivity index (χ2v) is 7.57. The number of hydrogen-bond donors (Lipinski definition) is 1. The number of methoxy groups -OCH3 is 1. The minimum Gasteiger partial charge on any atom is -0.495 e. The number of rotatable bonds is 6. The smallest absolute Gasteiger partial charge is 0.245 e. The average Bonchev–Trinajstić information content (AvgIpc) is 2.55. The molecule has 1 N–H and O–H groups in total. The lowest BCUT2D eigenvalue weighted by molar-refractivity contribution is -0.114. The molecule has 6 nitrogen and oxygen atoms in total. The normalized spacial score (nSPS) is 11.1. The van der Waals surface area contributed by atoms with Crippen molar-refractivity contribution in [3.05, 3.63) is 53.1 Å².